The number of hydrogen-bond donors (Lipinski definition) is 1. The molecule has 0 radical (unpaired) electrons. The van der Waals surface area contributed by atoms with E-state index >= 15 is 0 Å². The molecule has 5 nitrogen and oxygen atoms in total. The third kappa shape index (κ3) is 2.53. The number of carbonyl (C=O) groups is 2. The summed E-state index contributed by atoms with van der Waals surface area (Å²) < 4.78 is 5.53. The van der Waals surface area contributed by atoms with Gasteiger partial charge in [0.1, 0.15) is 12.0 Å². The van der Waals surface area contributed by atoms with Crippen molar-refractivity contribution in [1.29, 1.82) is 0 Å². The van der Waals surface area contributed by atoms with Gasteiger partial charge in [-0.3, -0.25) is 9.69 Å². The van der Waals surface area contributed by atoms with E-state index in [1.807, 2.05) is 13.1 Å². The third-order valence-corrected chi connectivity index (χ3v) is 4.77. The molecule has 0 spiro atoms. The standard InChI is InChI=1S/C16H19NO4/c1-17-11-7-8-12(17)14(15(18)19)13(9-11)21-16(20)10-5-3-2-4-6-10/h2-6,11-14H,7-9H2,1H3,(H,18,19)/t11-,12+,13+,14-/m0/s1. The van der Waals surface area contributed by atoms with E-state index in [1.165, 1.54) is 0 Å². The number of esters is 1. The van der Waals surface area contributed by atoms with E-state index in [2.05, 4.69) is 4.90 Å². The molecule has 0 unspecified atom stereocenters. The molecule has 2 saturated heterocycles. The Morgan fingerprint density at radius 2 is 1.95 bits per heavy atom. The molecule has 0 aliphatic carbocycles. The van der Waals surface area contributed by atoms with E-state index in [4.69, 9.17) is 4.74 Å². The van der Waals surface area contributed by atoms with Gasteiger partial charge in [-0.25, -0.2) is 4.79 Å². The first kappa shape index (κ1) is 14.1. The van der Waals surface area contributed by atoms with Gasteiger partial charge in [-0.2, -0.15) is 0 Å². The van der Waals surface area contributed by atoms with E-state index in [-0.39, 0.29) is 6.04 Å². The maximum absolute atomic E-state index is 12.2. The topological polar surface area (TPSA) is 66.8 Å². The zero-order valence-corrected chi connectivity index (χ0v) is 11.9. The third-order valence-electron chi connectivity index (χ3n) is 4.77. The van der Waals surface area contributed by atoms with Crippen LogP contribution in [0, 0.1) is 5.92 Å². The smallest absolute Gasteiger partial charge is 0.338 e. The number of fused-ring (bicyclic) bond motifs is 2. The molecule has 2 aliphatic heterocycles. The van der Waals surface area contributed by atoms with Gasteiger partial charge in [-0.05, 0) is 32.0 Å². The summed E-state index contributed by atoms with van der Waals surface area (Å²) in [6.07, 6.45) is 1.90. The number of nitrogens with zero attached hydrogens (tertiary/aromatic N) is 1. The molecule has 2 bridgehead atoms. The summed E-state index contributed by atoms with van der Waals surface area (Å²) in [7, 11) is 1.97. The first-order valence-electron chi connectivity index (χ1n) is 7.28. The highest BCUT2D eigenvalue weighted by molar-refractivity contribution is 5.89. The van der Waals surface area contributed by atoms with Crippen molar-refractivity contribution in [3.8, 4) is 0 Å². The van der Waals surface area contributed by atoms with E-state index in [1.54, 1.807) is 24.3 Å². The van der Waals surface area contributed by atoms with Crippen LogP contribution in [0.5, 0.6) is 0 Å². The molecule has 21 heavy (non-hydrogen) atoms. The number of carboxylic acids is 1. The van der Waals surface area contributed by atoms with Crippen LogP contribution in [0.2, 0.25) is 0 Å². The van der Waals surface area contributed by atoms with Crippen molar-refractivity contribution in [2.75, 3.05) is 7.05 Å². The van der Waals surface area contributed by atoms with E-state index in [0.29, 0.717) is 18.0 Å². The first-order chi connectivity index (χ1) is 10.1. The zero-order valence-electron chi connectivity index (χ0n) is 11.9. The summed E-state index contributed by atoms with van der Waals surface area (Å²) in [4.78, 5) is 25.9. The van der Waals surface area contributed by atoms with Crippen LogP contribution in [0.25, 0.3) is 0 Å². The highest BCUT2D eigenvalue weighted by atomic mass is 16.5. The normalized spacial score (nSPS) is 31.9. The first-order valence-corrected chi connectivity index (χ1v) is 7.28. The molecule has 1 N–H and O–H groups in total. The van der Waals surface area contributed by atoms with Crippen LogP contribution >= 0.6 is 0 Å². The fourth-order valence-corrected chi connectivity index (χ4v) is 3.65. The molecule has 2 heterocycles. The second-order valence-electron chi connectivity index (χ2n) is 5.87. The molecule has 0 aromatic heterocycles. The summed E-state index contributed by atoms with van der Waals surface area (Å²) in [6.45, 7) is 0. The predicted octanol–water partition coefficient (Wildman–Crippen LogP) is 1.78. The largest absolute Gasteiger partial charge is 0.481 e. The molecule has 4 atom stereocenters. The van der Waals surface area contributed by atoms with E-state index in [9.17, 15) is 14.7 Å². The second kappa shape index (κ2) is 5.48. The minimum Gasteiger partial charge on any atom is -0.481 e. The minimum absolute atomic E-state index is 0.0326. The maximum Gasteiger partial charge on any atom is 0.338 e. The van der Waals surface area contributed by atoms with Crippen molar-refractivity contribution in [1.82, 2.24) is 4.90 Å². The van der Waals surface area contributed by atoms with Crippen LogP contribution in [0.3, 0.4) is 0 Å². The number of carbonyl (C=O) groups excluding carboxylic acids is 1. The van der Waals surface area contributed by atoms with Gasteiger partial charge < -0.3 is 9.84 Å². The lowest BCUT2D eigenvalue weighted by Crippen LogP contribution is -2.53. The maximum atomic E-state index is 12.2. The number of ether oxygens (including phenoxy) is 1. The van der Waals surface area contributed by atoms with Gasteiger partial charge in [-0.15, -0.1) is 0 Å². The molecule has 112 valence electrons. The molecule has 1 aromatic carbocycles. The SMILES string of the molecule is CN1[C@H]2CC[C@@H]1[C@H](C(=O)O)[C@H](OC(=O)c1ccccc1)C2. The Balaban J connectivity index is 1.78. The Hall–Kier alpha value is -1.88. The van der Waals surface area contributed by atoms with Gasteiger partial charge >= 0.3 is 11.9 Å². The Morgan fingerprint density at radius 1 is 1.24 bits per heavy atom. The predicted molar refractivity (Wildman–Crippen MR) is 76.0 cm³/mol. The van der Waals surface area contributed by atoms with Gasteiger partial charge in [0.25, 0.3) is 0 Å². The number of benzene rings is 1. The van der Waals surface area contributed by atoms with Crippen LogP contribution < -0.4 is 0 Å². The summed E-state index contributed by atoms with van der Waals surface area (Å²) in [5.74, 6) is -1.95. The summed E-state index contributed by atoms with van der Waals surface area (Å²) in [5, 5.41) is 9.51. The molecular formula is C16H19NO4. The number of aliphatic carboxylic acids is 1. The summed E-state index contributed by atoms with van der Waals surface area (Å²) >= 11 is 0. The lowest BCUT2D eigenvalue weighted by molar-refractivity contribution is -0.152. The fraction of sp³-hybridized carbons (Fsp3) is 0.500. The Kier molecular flexibility index (Phi) is 3.68. The zero-order chi connectivity index (χ0) is 15.0. The molecule has 2 aliphatic rings. The second-order valence-corrected chi connectivity index (χ2v) is 5.87. The molecular weight excluding hydrogens is 270 g/mol. The number of rotatable bonds is 3. The average molecular weight is 289 g/mol. The minimum atomic E-state index is -0.877. The summed E-state index contributed by atoms with van der Waals surface area (Å²) in [5.41, 5.74) is 0.466. The van der Waals surface area contributed by atoms with Gasteiger partial charge in [0.05, 0.1) is 5.56 Å². The lowest BCUT2D eigenvalue weighted by Gasteiger charge is -2.40. The van der Waals surface area contributed by atoms with Crippen LogP contribution in [0.15, 0.2) is 30.3 Å². The van der Waals surface area contributed by atoms with Gasteiger partial charge in [0.15, 0.2) is 0 Å². The monoisotopic (exact) mass is 289 g/mol. The van der Waals surface area contributed by atoms with Crippen LogP contribution in [0.1, 0.15) is 29.6 Å². The van der Waals surface area contributed by atoms with Crippen molar-refractivity contribution < 1.29 is 19.4 Å². The van der Waals surface area contributed by atoms with Crippen molar-refractivity contribution in [2.24, 2.45) is 5.92 Å². The van der Waals surface area contributed by atoms with E-state index in [0.717, 1.165) is 12.8 Å². The van der Waals surface area contributed by atoms with Gasteiger partial charge in [-0.1, -0.05) is 18.2 Å². The Bertz CT molecular complexity index is 544. The van der Waals surface area contributed by atoms with E-state index < -0.39 is 24.0 Å². The molecule has 1 aromatic rings. The lowest BCUT2D eigenvalue weighted by atomic mass is 9.87. The van der Waals surface area contributed by atoms with Crippen LogP contribution in [-0.4, -0.2) is 47.2 Å². The highest BCUT2D eigenvalue weighted by Crippen LogP contribution is 2.39. The van der Waals surface area contributed by atoms with Gasteiger partial charge in [0, 0.05) is 18.5 Å². The van der Waals surface area contributed by atoms with Crippen molar-refractivity contribution in [3.05, 3.63) is 35.9 Å². The van der Waals surface area contributed by atoms with Gasteiger partial charge in [0.2, 0.25) is 0 Å². The number of piperidine rings is 1. The average Bonchev–Trinajstić information content (AvgIpc) is 2.72. The molecule has 0 amide bonds. The highest BCUT2D eigenvalue weighted by Gasteiger charge is 2.50. The molecule has 2 fully saturated rings. The molecule has 5 heteroatoms. The van der Waals surface area contributed by atoms with Crippen LogP contribution in [-0.2, 0) is 9.53 Å². The van der Waals surface area contributed by atoms with Crippen LogP contribution in [0.4, 0.5) is 0 Å². The fourth-order valence-electron chi connectivity index (χ4n) is 3.65. The van der Waals surface area contributed by atoms with Crippen molar-refractivity contribution >= 4 is 11.9 Å². The summed E-state index contributed by atoms with van der Waals surface area (Å²) in [6, 6.07) is 9.01. The number of carboxylic acid groups (broad SMARTS) is 1. The molecule has 3 rings (SSSR count). The van der Waals surface area contributed by atoms with Crippen molar-refractivity contribution in [2.45, 2.75) is 37.5 Å². The van der Waals surface area contributed by atoms with Crippen molar-refractivity contribution in [3.63, 3.8) is 0 Å². The number of hydrogen-bond acceptors (Lipinski definition) is 4. The Morgan fingerprint density at radius 3 is 2.62 bits per heavy atom. The Labute approximate surface area is 123 Å². The molecule has 0 saturated carbocycles. The quantitative estimate of drug-likeness (QED) is 0.859.